The molecule has 2 N–H and O–H groups in total. The average Bonchev–Trinajstić information content (AvgIpc) is 1.94. The first kappa shape index (κ1) is 9.89. The summed E-state index contributed by atoms with van der Waals surface area (Å²) in [4.78, 5) is 0. The predicted octanol–water partition coefficient (Wildman–Crippen LogP) is 2.90. The van der Waals surface area contributed by atoms with Gasteiger partial charge >= 0.3 is 6.18 Å². The van der Waals surface area contributed by atoms with Crippen LogP contribution < -0.4 is 5.73 Å². The van der Waals surface area contributed by atoms with E-state index in [1.165, 1.54) is 13.0 Å². The molecule has 72 valence electrons. The molecule has 0 aromatic heterocycles. The lowest BCUT2D eigenvalue weighted by Crippen LogP contribution is -2.08. The van der Waals surface area contributed by atoms with Gasteiger partial charge in [0.15, 0.2) is 0 Å². The van der Waals surface area contributed by atoms with Crippen LogP contribution in [-0.4, -0.2) is 0 Å². The van der Waals surface area contributed by atoms with Crippen molar-refractivity contribution in [2.75, 3.05) is 5.73 Å². The van der Waals surface area contributed by atoms with Crippen molar-refractivity contribution in [2.45, 2.75) is 20.0 Å². The van der Waals surface area contributed by atoms with E-state index in [0.717, 1.165) is 6.07 Å². The van der Waals surface area contributed by atoms with Gasteiger partial charge in [-0.2, -0.15) is 13.2 Å². The van der Waals surface area contributed by atoms with Crippen LogP contribution in [0.3, 0.4) is 0 Å². The topological polar surface area (TPSA) is 26.0 Å². The number of benzene rings is 1. The summed E-state index contributed by atoms with van der Waals surface area (Å²) >= 11 is 0. The highest BCUT2D eigenvalue weighted by atomic mass is 19.4. The van der Waals surface area contributed by atoms with Gasteiger partial charge in [-0.15, -0.1) is 0 Å². The number of hydrogen-bond donors (Lipinski definition) is 1. The first-order chi connectivity index (χ1) is 5.82. The minimum Gasteiger partial charge on any atom is -0.399 e. The van der Waals surface area contributed by atoms with Crippen LogP contribution in [0.1, 0.15) is 16.7 Å². The Bertz CT molecular complexity index is 328. The molecule has 0 aliphatic rings. The normalized spacial score (nSPS) is 11.8. The lowest BCUT2D eigenvalue weighted by Gasteiger charge is -2.12. The lowest BCUT2D eigenvalue weighted by atomic mass is 10.0. The number of nitrogens with two attached hydrogens (primary N) is 1. The maximum atomic E-state index is 12.3. The van der Waals surface area contributed by atoms with Crippen molar-refractivity contribution >= 4 is 5.69 Å². The van der Waals surface area contributed by atoms with E-state index in [1.54, 1.807) is 6.92 Å². The molecule has 0 spiro atoms. The first-order valence-electron chi connectivity index (χ1n) is 3.76. The van der Waals surface area contributed by atoms with Gasteiger partial charge in [0.1, 0.15) is 0 Å². The molecule has 1 aromatic rings. The summed E-state index contributed by atoms with van der Waals surface area (Å²) in [6, 6.07) is 2.42. The number of aryl methyl sites for hydroxylation is 2. The van der Waals surface area contributed by atoms with Gasteiger partial charge in [0, 0.05) is 5.69 Å². The SMILES string of the molecule is Cc1cc(C)c(C(F)(F)F)cc1N. The minimum atomic E-state index is -4.31. The molecule has 0 aliphatic heterocycles. The molecule has 0 aliphatic carbocycles. The van der Waals surface area contributed by atoms with E-state index >= 15 is 0 Å². The van der Waals surface area contributed by atoms with Crippen LogP contribution in [0, 0.1) is 13.8 Å². The summed E-state index contributed by atoms with van der Waals surface area (Å²) in [5.41, 5.74) is 5.79. The lowest BCUT2D eigenvalue weighted by molar-refractivity contribution is -0.138. The number of halogens is 3. The zero-order valence-electron chi connectivity index (χ0n) is 7.37. The third-order valence-corrected chi connectivity index (χ3v) is 1.92. The van der Waals surface area contributed by atoms with Crippen LogP contribution in [-0.2, 0) is 6.18 Å². The van der Waals surface area contributed by atoms with Gasteiger partial charge in [0.25, 0.3) is 0 Å². The summed E-state index contributed by atoms with van der Waals surface area (Å²) in [5.74, 6) is 0. The Morgan fingerprint density at radius 1 is 1.08 bits per heavy atom. The van der Waals surface area contributed by atoms with Gasteiger partial charge in [-0.1, -0.05) is 6.07 Å². The van der Waals surface area contributed by atoms with Gasteiger partial charge in [-0.25, -0.2) is 0 Å². The fourth-order valence-corrected chi connectivity index (χ4v) is 1.17. The predicted molar refractivity (Wildman–Crippen MR) is 45.3 cm³/mol. The maximum absolute atomic E-state index is 12.3. The van der Waals surface area contributed by atoms with Crippen molar-refractivity contribution in [3.8, 4) is 0 Å². The Balaban J connectivity index is 3.32. The average molecular weight is 189 g/mol. The molecule has 0 radical (unpaired) electrons. The molecule has 4 heteroatoms. The van der Waals surface area contributed by atoms with E-state index in [9.17, 15) is 13.2 Å². The van der Waals surface area contributed by atoms with Crippen LogP contribution in [0.5, 0.6) is 0 Å². The Morgan fingerprint density at radius 3 is 2.08 bits per heavy atom. The van der Waals surface area contributed by atoms with E-state index in [2.05, 4.69) is 0 Å². The van der Waals surface area contributed by atoms with Gasteiger partial charge in [-0.3, -0.25) is 0 Å². The van der Waals surface area contributed by atoms with Gasteiger partial charge in [0.2, 0.25) is 0 Å². The summed E-state index contributed by atoms with van der Waals surface area (Å²) in [7, 11) is 0. The van der Waals surface area contributed by atoms with E-state index in [4.69, 9.17) is 5.73 Å². The number of anilines is 1. The van der Waals surface area contributed by atoms with Gasteiger partial charge < -0.3 is 5.73 Å². The van der Waals surface area contributed by atoms with E-state index in [0.29, 0.717) is 5.56 Å². The van der Waals surface area contributed by atoms with Crippen molar-refractivity contribution in [2.24, 2.45) is 0 Å². The van der Waals surface area contributed by atoms with Crippen molar-refractivity contribution in [3.05, 3.63) is 28.8 Å². The second-order valence-electron chi connectivity index (χ2n) is 3.02. The van der Waals surface area contributed by atoms with E-state index < -0.39 is 11.7 Å². The standard InChI is InChI=1S/C9H10F3N/c1-5-3-6(2)8(13)4-7(5)9(10,11)12/h3-4H,13H2,1-2H3. The highest BCUT2D eigenvalue weighted by Gasteiger charge is 2.32. The summed E-state index contributed by atoms with van der Waals surface area (Å²) < 4.78 is 36.9. The molecule has 0 saturated heterocycles. The zero-order valence-corrected chi connectivity index (χ0v) is 7.37. The third kappa shape index (κ3) is 1.94. The fraction of sp³-hybridized carbons (Fsp3) is 0.333. The first-order valence-corrected chi connectivity index (χ1v) is 3.76. The van der Waals surface area contributed by atoms with Crippen LogP contribution in [0.2, 0.25) is 0 Å². The third-order valence-electron chi connectivity index (χ3n) is 1.92. The van der Waals surface area contributed by atoms with Crippen molar-refractivity contribution in [1.29, 1.82) is 0 Å². The van der Waals surface area contributed by atoms with Crippen molar-refractivity contribution < 1.29 is 13.2 Å². The monoisotopic (exact) mass is 189 g/mol. The Morgan fingerprint density at radius 2 is 1.62 bits per heavy atom. The van der Waals surface area contributed by atoms with Crippen LogP contribution >= 0.6 is 0 Å². The molecule has 0 fully saturated rings. The van der Waals surface area contributed by atoms with Crippen LogP contribution in [0.15, 0.2) is 12.1 Å². The molecule has 13 heavy (non-hydrogen) atoms. The highest BCUT2D eigenvalue weighted by molar-refractivity contribution is 5.52. The summed E-state index contributed by atoms with van der Waals surface area (Å²) in [6.07, 6.45) is -4.31. The molecular weight excluding hydrogens is 179 g/mol. The summed E-state index contributed by atoms with van der Waals surface area (Å²) in [6.45, 7) is 3.11. The molecule has 0 atom stereocenters. The van der Waals surface area contributed by atoms with Gasteiger partial charge in [-0.05, 0) is 31.0 Å². The molecule has 0 amide bonds. The van der Waals surface area contributed by atoms with E-state index in [1.807, 2.05) is 0 Å². The minimum absolute atomic E-state index is 0.179. The Hall–Kier alpha value is -1.19. The second-order valence-corrected chi connectivity index (χ2v) is 3.02. The molecular formula is C9H10F3N. The van der Waals surface area contributed by atoms with E-state index in [-0.39, 0.29) is 11.3 Å². The molecule has 1 nitrogen and oxygen atoms in total. The van der Waals surface area contributed by atoms with Crippen LogP contribution in [0.25, 0.3) is 0 Å². The number of nitrogen functional groups attached to an aromatic ring is 1. The maximum Gasteiger partial charge on any atom is 0.416 e. The summed E-state index contributed by atoms with van der Waals surface area (Å²) in [5, 5.41) is 0. The Labute approximate surface area is 74.4 Å². The largest absolute Gasteiger partial charge is 0.416 e. The van der Waals surface area contributed by atoms with Crippen molar-refractivity contribution in [1.82, 2.24) is 0 Å². The number of alkyl halides is 3. The Kier molecular flexibility index (Phi) is 2.24. The van der Waals surface area contributed by atoms with Crippen LogP contribution in [0.4, 0.5) is 18.9 Å². The number of hydrogen-bond acceptors (Lipinski definition) is 1. The quantitative estimate of drug-likeness (QED) is 0.624. The smallest absolute Gasteiger partial charge is 0.399 e. The molecule has 0 saturated carbocycles. The molecule has 1 aromatic carbocycles. The number of rotatable bonds is 0. The molecule has 0 heterocycles. The molecule has 1 rings (SSSR count). The second kappa shape index (κ2) is 2.94. The van der Waals surface area contributed by atoms with Crippen molar-refractivity contribution in [3.63, 3.8) is 0 Å². The van der Waals surface area contributed by atoms with Gasteiger partial charge in [0.05, 0.1) is 5.56 Å². The molecule has 0 unspecified atom stereocenters. The fourth-order valence-electron chi connectivity index (χ4n) is 1.17. The highest BCUT2D eigenvalue weighted by Crippen LogP contribution is 2.33. The molecule has 0 bridgehead atoms. The zero-order chi connectivity index (χ0) is 10.2.